The number of halogens is 2. The molecule has 0 spiro atoms. The van der Waals surface area contributed by atoms with Crippen LogP contribution in [-0.4, -0.2) is 32.7 Å². The van der Waals surface area contributed by atoms with Gasteiger partial charge in [0, 0.05) is 17.5 Å². The van der Waals surface area contributed by atoms with Crippen molar-refractivity contribution in [3.8, 4) is 17.2 Å². The molecule has 0 amide bonds. The van der Waals surface area contributed by atoms with E-state index in [1.807, 2.05) is 6.07 Å². The van der Waals surface area contributed by atoms with E-state index in [1.165, 1.54) is 4.68 Å². The van der Waals surface area contributed by atoms with E-state index in [4.69, 9.17) is 37.8 Å². The number of para-hydroxylation sites is 1. The summed E-state index contributed by atoms with van der Waals surface area (Å²) >= 11 is 12.4. The number of hydrogen-bond acceptors (Lipinski definition) is 5. The first kappa shape index (κ1) is 18.6. The van der Waals surface area contributed by atoms with E-state index in [1.54, 1.807) is 36.5 Å². The molecule has 1 N–H and O–H groups in total. The number of aromatic nitrogens is 3. The molecule has 1 aliphatic heterocycles. The Kier molecular flexibility index (Phi) is 5.11. The normalized spacial score (nSPS) is 15.1. The molecule has 28 heavy (non-hydrogen) atoms. The molecule has 1 aromatic heterocycles. The zero-order chi connectivity index (χ0) is 19.7. The molecular formula is C19H15Cl2N3O4. The molecule has 0 fully saturated rings. The van der Waals surface area contributed by atoms with Crippen LogP contribution < -0.4 is 9.47 Å². The second-order valence-corrected chi connectivity index (χ2v) is 7.13. The van der Waals surface area contributed by atoms with E-state index in [9.17, 15) is 4.79 Å². The summed E-state index contributed by atoms with van der Waals surface area (Å²) in [6, 6.07) is 10.6. The lowest BCUT2D eigenvalue weighted by Gasteiger charge is -2.07. The quantitative estimate of drug-likeness (QED) is 0.646. The first-order valence-corrected chi connectivity index (χ1v) is 9.24. The number of hydrogen-bond donors (Lipinski definition) is 1. The van der Waals surface area contributed by atoms with Crippen LogP contribution >= 0.6 is 23.2 Å². The summed E-state index contributed by atoms with van der Waals surface area (Å²) in [4.78, 5) is 10.9. The van der Waals surface area contributed by atoms with Crippen LogP contribution in [0.25, 0.3) is 5.69 Å². The predicted molar refractivity (Wildman–Crippen MR) is 103 cm³/mol. The standard InChI is InChI=1S/C19H15Cl2N3O4/c20-15-2-1-3-16(21)19(15)24-8-12(22-23-24)10-27-13-4-5-14-11(6-18(25)26)9-28-17(14)7-13/h1-5,7-8,11H,6,9-10H2,(H,25,26). The number of nitrogens with zero attached hydrogens (tertiary/aromatic N) is 3. The molecule has 0 radical (unpaired) electrons. The lowest BCUT2D eigenvalue weighted by molar-refractivity contribution is -0.137. The molecule has 0 bridgehead atoms. The first-order valence-electron chi connectivity index (χ1n) is 8.48. The van der Waals surface area contributed by atoms with E-state index in [0.29, 0.717) is 39.5 Å². The van der Waals surface area contributed by atoms with Crippen molar-refractivity contribution in [1.82, 2.24) is 15.0 Å². The Hall–Kier alpha value is -2.77. The molecule has 0 saturated carbocycles. The van der Waals surface area contributed by atoms with Crippen molar-refractivity contribution in [3.05, 3.63) is 63.9 Å². The maximum Gasteiger partial charge on any atom is 0.304 e. The Bertz CT molecular complexity index is 1020. The third-order valence-corrected chi connectivity index (χ3v) is 4.99. The van der Waals surface area contributed by atoms with Gasteiger partial charge in [-0.2, -0.15) is 0 Å². The molecule has 144 valence electrons. The SMILES string of the molecule is O=C(O)CC1COc2cc(OCc3cn(-c4c(Cl)cccc4Cl)nn3)ccc21. The largest absolute Gasteiger partial charge is 0.492 e. The molecule has 1 unspecified atom stereocenters. The Morgan fingerprint density at radius 3 is 2.82 bits per heavy atom. The minimum atomic E-state index is -0.844. The number of benzene rings is 2. The number of fused-ring (bicyclic) bond motifs is 1. The summed E-state index contributed by atoms with van der Waals surface area (Å²) < 4.78 is 12.9. The van der Waals surface area contributed by atoms with Crippen LogP contribution in [0.3, 0.4) is 0 Å². The lowest BCUT2D eigenvalue weighted by Crippen LogP contribution is -2.07. The predicted octanol–water partition coefficient (Wildman–Crippen LogP) is 4.10. The van der Waals surface area contributed by atoms with Crippen LogP contribution in [-0.2, 0) is 11.4 Å². The highest BCUT2D eigenvalue weighted by molar-refractivity contribution is 6.37. The molecule has 1 aliphatic rings. The summed E-state index contributed by atoms with van der Waals surface area (Å²) in [6.45, 7) is 0.553. The summed E-state index contributed by atoms with van der Waals surface area (Å²) in [6.07, 6.45) is 1.74. The van der Waals surface area contributed by atoms with E-state index < -0.39 is 5.97 Å². The summed E-state index contributed by atoms with van der Waals surface area (Å²) in [5, 5.41) is 18.0. The van der Waals surface area contributed by atoms with Crippen molar-refractivity contribution in [1.29, 1.82) is 0 Å². The highest BCUT2D eigenvalue weighted by atomic mass is 35.5. The van der Waals surface area contributed by atoms with Crippen molar-refractivity contribution in [2.45, 2.75) is 18.9 Å². The average Bonchev–Trinajstić information content (AvgIpc) is 3.27. The van der Waals surface area contributed by atoms with Gasteiger partial charge in [-0.15, -0.1) is 5.10 Å². The first-order chi connectivity index (χ1) is 13.5. The van der Waals surface area contributed by atoms with Gasteiger partial charge < -0.3 is 14.6 Å². The third kappa shape index (κ3) is 3.76. The fourth-order valence-electron chi connectivity index (χ4n) is 3.07. The van der Waals surface area contributed by atoms with Gasteiger partial charge >= 0.3 is 5.97 Å². The number of rotatable bonds is 6. The maximum atomic E-state index is 10.9. The van der Waals surface area contributed by atoms with Gasteiger partial charge in [-0.25, -0.2) is 4.68 Å². The van der Waals surface area contributed by atoms with Gasteiger partial charge in [0.05, 0.1) is 29.3 Å². The molecule has 4 rings (SSSR count). The van der Waals surface area contributed by atoms with Gasteiger partial charge in [0.2, 0.25) is 0 Å². The third-order valence-electron chi connectivity index (χ3n) is 4.38. The van der Waals surface area contributed by atoms with Gasteiger partial charge in [-0.1, -0.05) is 40.5 Å². The Morgan fingerprint density at radius 1 is 1.29 bits per heavy atom. The second kappa shape index (κ2) is 7.69. The van der Waals surface area contributed by atoms with Crippen LogP contribution in [0.5, 0.6) is 11.5 Å². The van der Waals surface area contributed by atoms with Crippen LogP contribution in [0.1, 0.15) is 23.6 Å². The number of carboxylic acids is 1. The smallest absolute Gasteiger partial charge is 0.304 e. The van der Waals surface area contributed by atoms with Gasteiger partial charge in [-0.3, -0.25) is 4.79 Å². The van der Waals surface area contributed by atoms with E-state index in [0.717, 1.165) is 5.56 Å². The van der Waals surface area contributed by atoms with E-state index in [2.05, 4.69) is 10.3 Å². The van der Waals surface area contributed by atoms with Crippen molar-refractivity contribution >= 4 is 29.2 Å². The van der Waals surface area contributed by atoms with Gasteiger partial charge in [-0.05, 0) is 18.2 Å². The van der Waals surface area contributed by atoms with Crippen molar-refractivity contribution < 1.29 is 19.4 Å². The van der Waals surface area contributed by atoms with Crippen LogP contribution in [0.4, 0.5) is 0 Å². The van der Waals surface area contributed by atoms with E-state index >= 15 is 0 Å². The molecule has 3 aromatic rings. The Balaban J connectivity index is 1.45. The summed E-state index contributed by atoms with van der Waals surface area (Å²) in [7, 11) is 0. The summed E-state index contributed by atoms with van der Waals surface area (Å²) in [5.41, 5.74) is 2.04. The molecule has 1 atom stereocenters. The number of aliphatic carboxylic acids is 1. The van der Waals surface area contributed by atoms with Gasteiger partial charge in [0.15, 0.2) is 0 Å². The van der Waals surface area contributed by atoms with Crippen LogP contribution in [0.2, 0.25) is 10.0 Å². The van der Waals surface area contributed by atoms with Crippen LogP contribution in [0.15, 0.2) is 42.6 Å². The fourth-order valence-corrected chi connectivity index (χ4v) is 3.64. The second-order valence-electron chi connectivity index (χ2n) is 6.32. The van der Waals surface area contributed by atoms with E-state index in [-0.39, 0.29) is 18.9 Å². The zero-order valence-corrected chi connectivity index (χ0v) is 16.0. The highest BCUT2D eigenvalue weighted by Gasteiger charge is 2.26. The Labute approximate surface area is 170 Å². The van der Waals surface area contributed by atoms with Crippen molar-refractivity contribution in [3.63, 3.8) is 0 Å². The van der Waals surface area contributed by atoms with Crippen LogP contribution in [0, 0.1) is 0 Å². The molecular weight excluding hydrogens is 405 g/mol. The topological polar surface area (TPSA) is 86.5 Å². The average molecular weight is 420 g/mol. The minimum Gasteiger partial charge on any atom is -0.492 e. The number of ether oxygens (including phenoxy) is 2. The molecule has 0 saturated heterocycles. The molecule has 7 nitrogen and oxygen atoms in total. The number of carboxylic acid groups (broad SMARTS) is 1. The van der Waals surface area contributed by atoms with Crippen molar-refractivity contribution in [2.75, 3.05) is 6.61 Å². The summed E-state index contributed by atoms with van der Waals surface area (Å²) in [5.74, 6) is 0.264. The molecule has 9 heteroatoms. The molecule has 2 heterocycles. The fraction of sp³-hybridized carbons (Fsp3) is 0.211. The van der Waals surface area contributed by atoms with Gasteiger partial charge in [0.25, 0.3) is 0 Å². The molecule has 0 aliphatic carbocycles. The molecule has 2 aromatic carbocycles. The monoisotopic (exact) mass is 419 g/mol. The Morgan fingerprint density at radius 2 is 2.07 bits per heavy atom. The highest BCUT2D eigenvalue weighted by Crippen LogP contribution is 2.38. The zero-order valence-electron chi connectivity index (χ0n) is 14.5. The maximum absolute atomic E-state index is 10.9. The minimum absolute atomic E-state index is 0.0426. The lowest BCUT2D eigenvalue weighted by atomic mass is 9.98. The van der Waals surface area contributed by atoms with Gasteiger partial charge in [0.1, 0.15) is 29.5 Å². The van der Waals surface area contributed by atoms with Crippen molar-refractivity contribution in [2.24, 2.45) is 0 Å². The number of carbonyl (C=O) groups is 1.